The highest BCUT2D eigenvalue weighted by Crippen LogP contribution is 2.27. The number of aromatic nitrogens is 1. The Morgan fingerprint density at radius 2 is 1.59 bits per heavy atom. The van der Waals surface area contributed by atoms with E-state index in [1.165, 1.54) is 5.56 Å². The largest absolute Gasteiger partial charge is 0.456 e. The second-order valence-electron chi connectivity index (χ2n) is 8.91. The van der Waals surface area contributed by atoms with Crippen molar-refractivity contribution in [3.8, 4) is 0 Å². The number of pyridine rings is 1. The van der Waals surface area contributed by atoms with E-state index < -0.39 is 5.60 Å². The van der Waals surface area contributed by atoms with Crippen LogP contribution in [0.15, 0.2) is 85.1 Å². The highest BCUT2D eigenvalue weighted by Gasteiger charge is 2.21. The van der Waals surface area contributed by atoms with Crippen molar-refractivity contribution in [1.82, 2.24) is 4.98 Å². The first-order valence-electron chi connectivity index (χ1n) is 10.9. The number of hydrogen-bond acceptors (Lipinski definition) is 4. The lowest BCUT2D eigenvalue weighted by Gasteiger charge is -2.21. The number of nitrogens with one attached hydrogen (secondary N) is 1. The molecule has 0 aliphatic rings. The molecule has 0 spiro atoms. The van der Waals surface area contributed by atoms with Crippen LogP contribution in [0.3, 0.4) is 0 Å². The number of carbonyl (C=O) groups excluding carboxylic acids is 1. The third-order valence-electron chi connectivity index (χ3n) is 5.12. The molecule has 1 aromatic heterocycles. The van der Waals surface area contributed by atoms with Crippen molar-refractivity contribution in [3.63, 3.8) is 0 Å². The zero-order chi connectivity index (χ0) is 22.6. The van der Waals surface area contributed by atoms with E-state index in [4.69, 9.17) is 4.74 Å². The molecule has 4 aromatic rings. The predicted molar refractivity (Wildman–Crippen MR) is 130 cm³/mol. The number of carbonyl (C=O) groups is 1. The smallest absolute Gasteiger partial charge is 0.340 e. The van der Waals surface area contributed by atoms with Gasteiger partial charge in [0.15, 0.2) is 0 Å². The average molecular weight is 425 g/mol. The normalized spacial score (nSPS) is 11.3. The van der Waals surface area contributed by atoms with Crippen molar-refractivity contribution < 1.29 is 9.53 Å². The maximum Gasteiger partial charge on any atom is 0.340 e. The van der Waals surface area contributed by atoms with Gasteiger partial charge in [0.05, 0.1) is 28.7 Å². The van der Waals surface area contributed by atoms with E-state index in [-0.39, 0.29) is 5.97 Å². The molecule has 1 heterocycles. The molecule has 0 fully saturated rings. The molecular weight excluding hydrogens is 396 g/mol. The summed E-state index contributed by atoms with van der Waals surface area (Å²) in [5.41, 5.74) is 4.87. The van der Waals surface area contributed by atoms with Gasteiger partial charge in [0.2, 0.25) is 0 Å². The minimum atomic E-state index is -0.565. The van der Waals surface area contributed by atoms with Gasteiger partial charge in [-0.15, -0.1) is 0 Å². The number of anilines is 2. The van der Waals surface area contributed by atoms with Crippen LogP contribution in [0.2, 0.25) is 0 Å². The summed E-state index contributed by atoms with van der Waals surface area (Å²) in [6.07, 6.45) is 3.60. The standard InChI is InChI=1S/C28H28N2O2/c1-28(2,3)32-27(31)24-16-15-21(14-13-20-9-5-4-6-10-20)17-26(24)30-23-18-22-11-7-8-12-25(22)29-19-23/h4-12,15-19,30H,13-14H2,1-3H3. The van der Waals surface area contributed by atoms with Gasteiger partial charge in [-0.3, -0.25) is 4.98 Å². The summed E-state index contributed by atoms with van der Waals surface area (Å²) in [4.78, 5) is 17.4. The zero-order valence-electron chi connectivity index (χ0n) is 18.8. The van der Waals surface area contributed by atoms with Crippen LogP contribution in [0.5, 0.6) is 0 Å². The van der Waals surface area contributed by atoms with Crippen LogP contribution < -0.4 is 5.32 Å². The number of benzene rings is 3. The van der Waals surface area contributed by atoms with E-state index in [1.54, 1.807) is 6.20 Å². The highest BCUT2D eigenvalue weighted by molar-refractivity contribution is 5.97. The molecule has 4 nitrogen and oxygen atoms in total. The van der Waals surface area contributed by atoms with Gasteiger partial charge in [0.25, 0.3) is 0 Å². The summed E-state index contributed by atoms with van der Waals surface area (Å²) >= 11 is 0. The van der Waals surface area contributed by atoms with E-state index in [1.807, 2.05) is 75.4 Å². The fourth-order valence-electron chi connectivity index (χ4n) is 3.59. The van der Waals surface area contributed by atoms with Crippen LogP contribution in [-0.2, 0) is 17.6 Å². The maximum atomic E-state index is 12.9. The Morgan fingerprint density at radius 1 is 0.875 bits per heavy atom. The molecule has 0 atom stereocenters. The van der Waals surface area contributed by atoms with Gasteiger partial charge in [0.1, 0.15) is 5.60 Å². The lowest BCUT2D eigenvalue weighted by Crippen LogP contribution is -2.24. The summed E-state index contributed by atoms with van der Waals surface area (Å²) in [5, 5.41) is 4.45. The molecule has 0 amide bonds. The van der Waals surface area contributed by atoms with Crippen LogP contribution in [0, 0.1) is 0 Å². The Labute approximate surface area is 189 Å². The van der Waals surface area contributed by atoms with Crippen LogP contribution in [0.4, 0.5) is 11.4 Å². The van der Waals surface area contributed by atoms with Gasteiger partial charge < -0.3 is 10.1 Å². The topological polar surface area (TPSA) is 51.2 Å². The number of aryl methyl sites for hydroxylation is 2. The molecule has 4 heteroatoms. The fourth-order valence-corrected chi connectivity index (χ4v) is 3.59. The molecule has 162 valence electrons. The highest BCUT2D eigenvalue weighted by atomic mass is 16.6. The minimum Gasteiger partial charge on any atom is -0.456 e. The number of hydrogen-bond donors (Lipinski definition) is 1. The molecule has 3 aromatic carbocycles. The second kappa shape index (κ2) is 9.23. The molecule has 0 aliphatic heterocycles. The summed E-state index contributed by atoms with van der Waals surface area (Å²) in [6, 6.07) is 26.3. The third kappa shape index (κ3) is 5.52. The molecule has 0 saturated heterocycles. The first kappa shape index (κ1) is 21.6. The number of fused-ring (bicyclic) bond motifs is 1. The first-order valence-corrected chi connectivity index (χ1v) is 10.9. The van der Waals surface area contributed by atoms with E-state index in [0.29, 0.717) is 5.56 Å². The number of rotatable bonds is 6. The second-order valence-corrected chi connectivity index (χ2v) is 8.91. The predicted octanol–water partition coefficient (Wildman–Crippen LogP) is 6.72. The summed E-state index contributed by atoms with van der Waals surface area (Å²) < 4.78 is 5.65. The summed E-state index contributed by atoms with van der Waals surface area (Å²) in [5.74, 6) is -0.344. The fraction of sp³-hybridized carbons (Fsp3) is 0.214. The quantitative estimate of drug-likeness (QED) is 0.349. The summed E-state index contributed by atoms with van der Waals surface area (Å²) in [6.45, 7) is 5.62. The van der Waals surface area contributed by atoms with E-state index in [9.17, 15) is 4.79 Å². The zero-order valence-corrected chi connectivity index (χ0v) is 18.8. The van der Waals surface area contributed by atoms with Gasteiger partial charge in [-0.05, 0) is 69.0 Å². The Balaban J connectivity index is 1.64. The van der Waals surface area contributed by atoms with Gasteiger partial charge >= 0.3 is 5.97 Å². The van der Waals surface area contributed by atoms with Crippen molar-refractivity contribution in [2.75, 3.05) is 5.32 Å². The van der Waals surface area contributed by atoms with E-state index in [0.717, 1.165) is 40.7 Å². The van der Waals surface area contributed by atoms with Gasteiger partial charge in [-0.1, -0.05) is 54.6 Å². The molecule has 0 aliphatic carbocycles. The van der Waals surface area contributed by atoms with Crippen molar-refractivity contribution in [2.24, 2.45) is 0 Å². The molecule has 0 radical (unpaired) electrons. The van der Waals surface area contributed by atoms with Gasteiger partial charge in [0, 0.05) is 5.39 Å². The van der Waals surface area contributed by atoms with Crippen LogP contribution in [0.1, 0.15) is 42.3 Å². The molecule has 4 rings (SSSR count). The molecule has 0 unspecified atom stereocenters. The van der Waals surface area contributed by atoms with E-state index in [2.05, 4.69) is 34.6 Å². The Hall–Kier alpha value is -3.66. The molecular formula is C28H28N2O2. The SMILES string of the molecule is CC(C)(C)OC(=O)c1ccc(CCc2ccccc2)cc1Nc1cnc2ccccc2c1. The number of ether oxygens (including phenoxy) is 1. The van der Waals surface area contributed by atoms with Crippen LogP contribution in [0.25, 0.3) is 10.9 Å². The molecule has 1 N–H and O–H groups in total. The van der Waals surface area contributed by atoms with Crippen LogP contribution >= 0.6 is 0 Å². The lowest BCUT2D eigenvalue weighted by atomic mass is 10.0. The Morgan fingerprint density at radius 3 is 2.38 bits per heavy atom. The molecule has 32 heavy (non-hydrogen) atoms. The van der Waals surface area contributed by atoms with Crippen molar-refractivity contribution in [1.29, 1.82) is 0 Å². The average Bonchev–Trinajstić information content (AvgIpc) is 2.77. The minimum absolute atomic E-state index is 0.344. The summed E-state index contributed by atoms with van der Waals surface area (Å²) in [7, 11) is 0. The van der Waals surface area contributed by atoms with Crippen molar-refractivity contribution in [3.05, 3.63) is 102 Å². The Kier molecular flexibility index (Phi) is 6.22. The number of para-hydroxylation sites is 1. The third-order valence-corrected chi connectivity index (χ3v) is 5.12. The van der Waals surface area contributed by atoms with Gasteiger partial charge in [-0.2, -0.15) is 0 Å². The van der Waals surface area contributed by atoms with Gasteiger partial charge in [-0.25, -0.2) is 4.79 Å². The Bertz CT molecular complexity index is 1230. The first-order chi connectivity index (χ1) is 15.4. The molecule has 0 saturated carbocycles. The van der Waals surface area contributed by atoms with Crippen molar-refractivity contribution >= 4 is 28.2 Å². The maximum absolute atomic E-state index is 12.9. The monoisotopic (exact) mass is 424 g/mol. The number of nitrogens with zero attached hydrogens (tertiary/aromatic N) is 1. The molecule has 0 bridgehead atoms. The van der Waals surface area contributed by atoms with Crippen LogP contribution in [-0.4, -0.2) is 16.6 Å². The van der Waals surface area contributed by atoms with E-state index >= 15 is 0 Å². The van der Waals surface area contributed by atoms with Crippen molar-refractivity contribution in [2.45, 2.75) is 39.2 Å². The number of esters is 1. The lowest BCUT2D eigenvalue weighted by molar-refractivity contribution is 0.00707.